The molecule has 3 rings (SSSR count). The number of ketones is 2. The van der Waals surface area contributed by atoms with E-state index in [1.807, 2.05) is 63.2 Å². The fourth-order valence-corrected chi connectivity index (χ4v) is 9.95. The van der Waals surface area contributed by atoms with Gasteiger partial charge in [0.25, 0.3) is 0 Å². The van der Waals surface area contributed by atoms with Crippen LogP contribution in [0.25, 0.3) is 10.4 Å². The third kappa shape index (κ3) is 15.7. The Morgan fingerprint density at radius 2 is 1.62 bits per heavy atom. The highest BCUT2D eigenvalue weighted by Gasteiger charge is 2.44. The van der Waals surface area contributed by atoms with Crippen LogP contribution in [-0.4, -0.2) is 79.7 Å². The summed E-state index contributed by atoms with van der Waals surface area (Å²) >= 11 is 1.65. The van der Waals surface area contributed by atoms with E-state index in [1.54, 1.807) is 18.9 Å². The summed E-state index contributed by atoms with van der Waals surface area (Å²) in [6, 6.07) is 17.6. The molecule has 2 aromatic rings. The first-order chi connectivity index (χ1) is 27.2. The van der Waals surface area contributed by atoms with Gasteiger partial charge < -0.3 is 28.8 Å². The molecule has 1 fully saturated rings. The molecule has 1 saturated heterocycles. The van der Waals surface area contributed by atoms with Crippen molar-refractivity contribution < 1.29 is 38.4 Å². The lowest BCUT2D eigenvalue weighted by Gasteiger charge is -2.43. The van der Waals surface area contributed by atoms with Crippen molar-refractivity contribution in [3.8, 4) is 5.75 Å². The lowest BCUT2D eigenvalue weighted by molar-refractivity contribution is -0.138. The zero-order chi connectivity index (χ0) is 43.2. The number of thioether (sulfide) groups is 1. The summed E-state index contributed by atoms with van der Waals surface area (Å²) < 4.78 is 25.5. The van der Waals surface area contributed by atoms with E-state index < -0.39 is 38.8 Å². The molecule has 1 aliphatic heterocycles. The summed E-state index contributed by atoms with van der Waals surface area (Å²) in [6.07, 6.45) is -2.24. The number of Topliss-reactive ketones (excluding diaryl/α,β-unsaturated/α-hetero) is 2. The summed E-state index contributed by atoms with van der Waals surface area (Å²) in [5.74, 6) is 0.371. The Balaban J connectivity index is 1.81. The summed E-state index contributed by atoms with van der Waals surface area (Å²) in [5.41, 5.74) is 9.48. The van der Waals surface area contributed by atoms with Crippen molar-refractivity contribution in [2.45, 2.75) is 160 Å². The highest BCUT2D eigenvalue weighted by Crippen LogP contribution is 2.41. The smallest absolute Gasteiger partial charge is 0.192 e. The summed E-state index contributed by atoms with van der Waals surface area (Å²) in [5, 5.41) is 26.9. The van der Waals surface area contributed by atoms with Gasteiger partial charge in [0.15, 0.2) is 8.32 Å². The minimum atomic E-state index is -2.47. The van der Waals surface area contributed by atoms with Crippen LogP contribution in [0.5, 0.6) is 5.75 Å². The van der Waals surface area contributed by atoms with Gasteiger partial charge in [0.2, 0.25) is 0 Å². The van der Waals surface area contributed by atoms with Gasteiger partial charge in [-0.1, -0.05) is 103 Å². The maximum atomic E-state index is 13.7. The maximum absolute atomic E-state index is 13.7. The molecule has 1 heterocycles. The van der Waals surface area contributed by atoms with Gasteiger partial charge in [0, 0.05) is 41.5 Å². The molecule has 2 aromatic carbocycles. The van der Waals surface area contributed by atoms with E-state index in [-0.39, 0.29) is 71.6 Å². The topological polar surface area (TPSA) is 160 Å². The Morgan fingerprint density at radius 3 is 2.22 bits per heavy atom. The first-order valence-corrected chi connectivity index (χ1v) is 24.7. The van der Waals surface area contributed by atoms with Gasteiger partial charge in [-0.05, 0) is 96.4 Å². The average Bonchev–Trinajstić information content (AvgIpc) is 3.14. The Labute approximate surface area is 353 Å². The predicted molar refractivity (Wildman–Crippen MR) is 234 cm³/mol. The molecule has 13 heteroatoms. The van der Waals surface area contributed by atoms with E-state index >= 15 is 0 Å². The normalized spacial score (nSPS) is 22.4. The number of carbonyl (C=O) groups excluding carboxylic acids is 2. The molecule has 0 amide bonds. The molecule has 0 spiro atoms. The lowest BCUT2D eigenvalue weighted by Crippen LogP contribution is -2.51. The number of hydrogen-bond acceptors (Lipinski definition) is 10. The van der Waals surface area contributed by atoms with E-state index in [0.717, 1.165) is 16.9 Å². The zero-order valence-corrected chi connectivity index (χ0v) is 38.6. The molecular formula is C45H71N3O8SSi. The molecule has 0 radical (unpaired) electrons. The van der Waals surface area contributed by atoms with Gasteiger partial charge in [0.05, 0.1) is 38.1 Å². The largest absolute Gasteiger partial charge is 0.497 e. The standard InChI is InChI=1S/C45H71N3O8SSi/c1-29(22-35(49)25-39(51)42-32(4)24-33(5)44(55-42)57-37-15-13-12-14-16-37)23-41(56-58(10,11)45(6,7)8)43(54-28-34-17-19-36(53-9)20-18-34)40(52)26-38(50)31(3)21-30(2)27-47-48-46/h12-20,29-33,39-44,51-52H,21-28H2,1-11H3/t29-,30-,31+,32+,33-,39?,40-,41-,42?,43+,44+/m0/s1. The first kappa shape index (κ1) is 49.6. The van der Waals surface area contributed by atoms with E-state index in [9.17, 15) is 19.8 Å². The van der Waals surface area contributed by atoms with Gasteiger partial charge in [-0.2, -0.15) is 0 Å². The molecule has 11 atom stereocenters. The molecule has 324 valence electrons. The molecule has 58 heavy (non-hydrogen) atoms. The number of hydrogen-bond donors (Lipinski definition) is 2. The van der Waals surface area contributed by atoms with E-state index in [1.165, 1.54) is 0 Å². The fraction of sp³-hybridized carbons (Fsp3) is 0.689. The number of rotatable bonds is 24. The molecule has 0 aromatic heterocycles. The van der Waals surface area contributed by atoms with E-state index in [4.69, 9.17) is 24.2 Å². The second kappa shape index (κ2) is 23.3. The predicted octanol–water partition coefficient (Wildman–Crippen LogP) is 10.2. The Bertz CT molecular complexity index is 1600. The molecule has 0 bridgehead atoms. The monoisotopic (exact) mass is 841 g/mol. The first-order valence-electron chi connectivity index (χ1n) is 20.9. The van der Waals surface area contributed by atoms with Crippen LogP contribution in [0.3, 0.4) is 0 Å². The van der Waals surface area contributed by atoms with Crippen LogP contribution in [0.2, 0.25) is 18.1 Å². The fourth-order valence-electron chi connectivity index (χ4n) is 7.50. The molecule has 0 aliphatic carbocycles. The molecule has 0 saturated carbocycles. The third-order valence-electron chi connectivity index (χ3n) is 11.9. The van der Waals surface area contributed by atoms with Gasteiger partial charge in [-0.3, -0.25) is 9.59 Å². The van der Waals surface area contributed by atoms with Crippen LogP contribution in [0, 0.1) is 29.6 Å². The van der Waals surface area contributed by atoms with Crippen LogP contribution >= 0.6 is 11.8 Å². The van der Waals surface area contributed by atoms with Crippen LogP contribution in [0.15, 0.2) is 64.6 Å². The van der Waals surface area contributed by atoms with Gasteiger partial charge >= 0.3 is 0 Å². The molecule has 2 N–H and O–H groups in total. The SMILES string of the molecule is COc1ccc(CO[C@@H]([C@H](C[C@@H](C)CC(=O)CC(O)C2O[C@H](Sc3ccccc3)[C@@H](C)C[C@H]2C)O[Si](C)(C)C(C)(C)C)[C@@H](O)CC(=O)[C@H](C)C[C@H](C)CN=[N+]=[N-])cc1. The molecule has 11 nitrogen and oxygen atoms in total. The number of methoxy groups -OCH3 is 1. The number of benzene rings is 2. The number of carbonyl (C=O) groups is 2. The Kier molecular flexibility index (Phi) is 19.9. The highest BCUT2D eigenvalue weighted by atomic mass is 32.2. The second-order valence-corrected chi connectivity index (χ2v) is 24.3. The zero-order valence-electron chi connectivity index (χ0n) is 36.8. The summed E-state index contributed by atoms with van der Waals surface area (Å²) in [7, 11) is -0.867. The van der Waals surface area contributed by atoms with E-state index in [0.29, 0.717) is 31.1 Å². The molecular weight excluding hydrogens is 771 g/mol. The van der Waals surface area contributed by atoms with Crippen LogP contribution < -0.4 is 4.74 Å². The summed E-state index contributed by atoms with van der Waals surface area (Å²) in [4.78, 5) is 31.2. The van der Waals surface area contributed by atoms with E-state index in [2.05, 4.69) is 69.9 Å². The summed E-state index contributed by atoms with van der Waals surface area (Å²) in [6.45, 7) is 21.2. The Hall–Kier alpha value is -2.74. The second-order valence-electron chi connectivity index (χ2n) is 18.4. The number of ether oxygens (including phenoxy) is 3. The minimum absolute atomic E-state index is 0.00624. The van der Waals surface area contributed by atoms with Crippen LogP contribution in [0.4, 0.5) is 0 Å². The van der Waals surface area contributed by atoms with Crippen molar-refractivity contribution in [3.63, 3.8) is 0 Å². The molecule has 2 unspecified atom stereocenters. The number of azide groups is 1. The minimum Gasteiger partial charge on any atom is -0.497 e. The van der Waals surface area contributed by atoms with Crippen molar-refractivity contribution in [2.75, 3.05) is 13.7 Å². The number of aliphatic hydroxyl groups excluding tert-OH is 2. The maximum Gasteiger partial charge on any atom is 0.192 e. The van der Waals surface area contributed by atoms with Gasteiger partial charge in [-0.25, -0.2) is 0 Å². The van der Waals surface area contributed by atoms with Crippen molar-refractivity contribution in [1.82, 2.24) is 0 Å². The van der Waals surface area contributed by atoms with Gasteiger partial charge in [-0.15, -0.1) is 0 Å². The number of aliphatic hydroxyl groups is 2. The third-order valence-corrected chi connectivity index (χ3v) is 17.7. The van der Waals surface area contributed by atoms with Crippen molar-refractivity contribution in [3.05, 3.63) is 70.6 Å². The Morgan fingerprint density at radius 1 is 0.966 bits per heavy atom. The van der Waals surface area contributed by atoms with Crippen LogP contribution in [0.1, 0.15) is 99.5 Å². The highest BCUT2D eigenvalue weighted by molar-refractivity contribution is 7.99. The quantitative estimate of drug-likeness (QED) is 0.0454. The number of nitrogens with zero attached hydrogens (tertiary/aromatic N) is 3. The van der Waals surface area contributed by atoms with Crippen molar-refractivity contribution in [2.24, 2.45) is 34.7 Å². The van der Waals surface area contributed by atoms with Crippen molar-refractivity contribution >= 4 is 31.6 Å². The van der Waals surface area contributed by atoms with Crippen LogP contribution in [-0.2, 0) is 30.1 Å². The van der Waals surface area contributed by atoms with Crippen molar-refractivity contribution in [1.29, 1.82) is 0 Å². The lowest BCUT2D eigenvalue weighted by atomic mass is 9.85. The van der Waals surface area contributed by atoms with Gasteiger partial charge in [0.1, 0.15) is 28.9 Å². The average molecular weight is 842 g/mol. The molecule has 1 aliphatic rings.